The van der Waals surface area contributed by atoms with Crippen LogP contribution in [0.5, 0.6) is 0 Å². The van der Waals surface area contributed by atoms with Gasteiger partial charge in [0.1, 0.15) is 0 Å². The minimum atomic E-state index is -0.834. The molecule has 0 saturated heterocycles. The van der Waals surface area contributed by atoms with Gasteiger partial charge in [0.15, 0.2) is 11.6 Å². The van der Waals surface area contributed by atoms with Crippen molar-refractivity contribution >= 4 is 18.3 Å². The number of hydrogen-bond donors (Lipinski definition) is 2. The molecule has 0 aliphatic heterocycles. The van der Waals surface area contributed by atoms with E-state index in [1.807, 2.05) is 0 Å². The van der Waals surface area contributed by atoms with Crippen LogP contribution in [-0.4, -0.2) is 12.3 Å². The van der Waals surface area contributed by atoms with Gasteiger partial charge in [0.2, 0.25) is 0 Å². The Balaban J connectivity index is 2.69. The Morgan fingerprint density at radius 3 is 2.58 bits per heavy atom. The number of anilines is 1. The zero-order valence-electron chi connectivity index (χ0n) is 6.35. The lowest BCUT2D eigenvalue weighted by molar-refractivity contribution is 0.509. The van der Waals surface area contributed by atoms with Crippen molar-refractivity contribution in [3.05, 3.63) is 29.8 Å². The molecule has 1 aromatic rings. The van der Waals surface area contributed by atoms with Gasteiger partial charge in [0.25, 0.3) is 0 Å². The van der Waals surface area contributed by atoms with Gasteiger partial charge in [-0.05, 0) is 18.2 Å². The molecule has 0 amide bonds. The third kappa shape index (κ3) is 2.37. The van der Waals surface area contributed by atoms with E-state index in [0.29, 0.717) is 18.0 Å². The molecule has 0 radical (unpaired) electrons. The molecule has 0 spiro atoms. The number of halogens is 2. The van der Waals surface area contributed by atoms with Gasteiger partial charge in [-0.3, -0.25) is 0 Å². The summed E-state index contributed by atoms with van der Waals surface area (Å²) < 4.78 is 25.0. The maximum absolute atomic E-state index is 12.6. The van der Waals surface area contributed by atoms with Gasteiger partial charge in [0.05, 0.1) is 0 Å². The predicted molar refractivity (Wildman–Crippen MR) is 48.7 cm³/mol. The van der Waals surface area contributed by atoms with Gasteiger partial charge < -0.3 is 5.32 Å². The van der Waals surface area contributed by atoms with Crippen LogP contribution < -0.4 is 5.32 Å². The Kier molecular flexibility index (Phi) is 3.34. The van der Waals surface area contributed by atoms with Crippen molar-refractivity contribution in [3.63, 3.8) is 0 Å². The van der Waals surface area contributed by atoms with Gasteiger partial charge in [-0.1, -0.05) is 0 Å². The first-order chi connectivity index (χ1) is 5.74. The maximum Gasteiger partial charge on any atom is 0.160 e. The van der Waals surface area contributed by atoms with E-state index in [0.717, 1.165) is 12.1 Å². The van der Waals surface area contributed by atoms with E-state index in [-0.39, 0.29) is 0 Å². The molecule has 1 nitrogen and oxygen atoms in total. The third-order valence-electron chi connectivity index (χ3n) is 1.36. The van der Waals surface area contributed by atoms with E-state index in [1.165, 1.54) is 6.07 Å². The lowest BCUT2D eigenvalue weighted by Gasteiger charge is -2.03. The summed E-state index contributed by atoms with van der Waals surface area (Å²) in [6.45, 7) is 0.633. The van der Waals surface area contributed by atoms with E-state index in [2.05, 4.69) is 17.9 Å². The van der Waals surface area contributed by atoms with Crippen molar-refractivity contribution in [1.82, 2.24) is 0 Å². The van der Waals surface area contributed by atoms with E-state index in [4.69, 9.17) is 0 Å². The molecule has 1 N–H and O–H groups in total. The fraction of sp³-hybridized carbons (Fsp3) is 0.250. The molecule has 0 saturated carbocycles. The highest BCUT2D eigenvalue weighted by molar-refractivity contribution is 7.80. The van der Waals surface area contributed by atoms with Crippen LogP contribution in [0, 0.1) is 11.6 Å². The summed E-state index contributed by atoms with van der Waals surface area (Å²) in [6.07, 6.45) is 0. The van der Waals surface area contributed by atoms with Crippen LogP contribution in [0.1, 0.15) is 0 Å². The standard InChI is InChI=1S/C8H9F2NS/c9-7-2-1-6(5-8(7)10)11-3-4-12/h1-2,5,11-12H,3-4H2. The van der Waals surface area contributed by atoms with Crippen molar-refractivity contribution in [2.24, 2.45) is 0 Å². The number of thiol groups is 1. The Labute approximate surface area is 75.2 Å². The SMILES string of the molecule is Fc1ccc(NCCS)cc1F. The molecule has 0 heterocycles. The van der Waals surface area contributed by atoms with Crippen LogP contribution in [0.4, 0.5) is 14.5 Å². The molecule has 0 unspecified atom stereocenters. The average Bonchev–Trinajstić information content (AvgIpc) is 2.07. The highest BCUT2D eigenvalue weighted by Crippen LogP contribution is 2.12. The average molecular weight is 189 g/mol. The van der Waals surface area contributed by atoms with E-state index < -0.39 is 11.6 Å². The predicted octanol–water partition coefficient (Wildman–Crippen LogP) is 2.31. The van der Waals surface area contributed by atoms with Crippen LogP contribution in [0.3, 0.4) is 0 Å². The fourth-order valence-electron chi connectivity index (χ4n) is 0.806. The van der Waals surface area contributed by atoms with Crippen LogP contribution in [0.2, 0.25) is 0 Å². The molecule has 0 bridgehead atoms. The first-order valence-electron chi connectivity index (χ1n) is 3.54. The molecular formula is C8H9F2NS. The van der Waals surface area contributed by atoms with Crippen molar-refractivity contribution in [2.45, 2.75) is 0 Å². The molecule has 0 fully saturated rings. The minimum absolute atomic E-state index is 0.572. The molecule has 4 heteroatoms. The molecule has 12 heavy (non-hydrogen) atoms. The van der Waals surface area contributed by atoms with Crippen LogP contribution in [0.25, 0.3) is 0 Å². The number of benzene rings is 1. The fourth-order valence-corrected chi connectivity index (χ4v) is 0.918. The summed E-state index contributed by atoms with van der Waals surface area (Å²) in [6, 6.07) is 3.71. The molecule has 1 rings (SSSR count). The van der Waals surface area contributed by atoms with Crippen LogP contribution >= 0.6 is 12.6 Å². The van der Waals surface area contributed by atoms with Crippen molar-refractivity contribution in [2.75, 3.05) is 17.6 Å². The molecule has 0 aliphatic carbocycles. The number of rotatable bonds is 3. The topological polar surface area (TPSA) is 12.0 Å². The Bertz CT molecular complexity index is 265. The molecule has 0 aromatic heterocycles. The minimum Gasteiger partial charge on any atom is -0.384 e. The summed E-state index contributed by atoms with van der Waals surface area (Å²) in [5.41, 5.74) is 0.572. The van der Waals surface area contributed by atoms with E-state index in [9.17, 15) is 8.78 Å². The van der Waals surface area contributed by atoms with Crippen molar-refractivity contribution < 1.29 is 8.78 Å². The quantitative estimate of drug-likeness (QED) is 0.695. The molecule has 1 aromatic carbocycles. The smallest absolute Gasteiger partial charge is 0.160 e. The second kappa shape index (κ2) is 4.30. The summed E-state index contributed by atoms with van der Waals surface area (Å²) in [5, 5.41) is 2.88. The Hall–Kier alpha value is -0.770. The summed E-state index contributed by atoms with van der Waals surface area (Å²) in [4.78, 5) is 0. The highest BCUT2D eigenvalue weighted by atomic mass is 32.1. The zero-order valence-corrected chi connectivity index (χ0v) is 7.24. The van der Waals surface area contributed by atoms with Gasteiger partial charge in [0, 0.05) is 18.0 Å². The Morgan fingerprint density at radius 2 is 2.00 bits per heavy atom. The Morgan fingerprint density at radius 1 is 1.25 bits per heavy atom. The zero-order chi connectivity index (χ0) is 8.97. The van der Waals surface area contributed by atoms with Crippen molar-refractivity contribution in [1.29, 1.82) is 0 Å². The lowest BCUT2D eigenvalue weighted by atomic mass is 10.3. The highest BCUT2D eigenvalue weighted by Gasteiger charge is 2.00. The second-order valence-electron chi connectivity index (χ2n) is 2.28. The molecule has 66 valence electrons. The first-order valence-corrected chi connectivity index (χ1v) is 4.17. The van der Waals surface area contributed by atoms with Gasteiger partial charge in [-0.25, -0.2) is 8.78 Å². The summed E-state index contributed by atoms with van der Waals surface area (Å²) in [7, 11) is 0. The van der Waals surface area contributed by atoms with Crippen molar-refractivity contribution in [3.8, 4) is 0 Å². The molecule has 0 aliphatic rings. The third-order valence-corrected chi connectivity index (χ3v) is 1.58. The van der Waals surface area contributed by atoms with E-state index >= 15 is 0 Å². The van der Waals surface area contributed by atoms with E-state index in [1.54, 1.807) is 0 Å². The maximum atomic E-state index is 12.6. The van der Waals surface area contributed by atoms with Gasteiger partial charge in [-0.15, -0.1) is 0 Å². The first kappa shape index (κ1) is 9.32. The van der Waals surface area contributed by atoms with Gasteiger partial charge >= 0.3 is 0 Å². The normalized spacial score (nSPS) is 9.92. The largest absolute Gasteiger partial charge is 0.384 e. The summed E-state index contributed by atoms with van der Waals surface area (Å²) in [5.74, 6) is -1.01. The second-order valence-corrected chi connectivity index (χ2v) is 2.73. The monoisotopic (exact) mass is 189 g/mol. The van der Waals surface area contributed by atoms with Crippen LogP contribution in [-0.2, 0) is 0 Å². The lowest BCUT2D eigenvalue weighted by Crippen LogP contribution is -2.02. The number of hydrogen-bond acceptors (Lipinski definition) is 2. The number of nitrogens with one attached hydrogen (secondary N) is 1. The van der Waals surface area contributed by atoms with Crippen LogP contribution in [0.15, 0.2) is 18.2 Å². The molecular weight excluding hydrogens is 180 g/mol. The summed E-state index contributed by atoms with van der Waals surface area (Å²) >= 11 is 3.97. The van der Waals surface area contributed by atoms with Gasteiger partial charge in [-0.2, -0.15) is 12.6 Å². The molecule has 0 atom stereocenters.